The number of hydroxylamine groups is 1. The maximum atomic E-state index is 9.40. The summed E-state index contributed by atoms with van der Waals surface area (Å²) in [5.74, 6) is -0.137. The van der Waals surface area contributed by atoms with Gasteiger partial charge in [0, 0.05) is 0 Å². The maximum absolute atomic E-state index is 9.40. The van der Waals surface area contributed by atoms with Gasteiger partial charge in [-0.25, -0.2) is 9.68 Å². The third kappa shape index (κ3) is 5.36. The van der Waals surface area contributed by atoms with Gasteiger partial charge in [-0.2, -0.15) is 20.0 Å². The van der Waals surface area contributed by atoms with E-state index in [0.29, 0.717) is 0 Å². The highest BCUT2D eigenvalue weighted by Crippen LogP contribution is 2.19. The molecule has 0 radical (unpaired) electrons. The van der Waals surface area contributed by atoms with E-state index < -0.39 is 20.2 Å². The van der Waals surface area contributed by atoms with Crippen molar-refractivity contribution in [1.29, 1.82) is 0 Å². The molecule has 12 nitrogen and oxygen atoms in total. The van der Waals surface area contributed by atoms with E-state index >= 15 is 0 Å². The molecule has 0 saturated carbocycles. The van der Waals surface area contributed by atoms with Crippen molar-refractivity contribution in [2.24, 2.45) is 0 Å². The van der Waals surface area contributed by atoms with Gasteiger partial charge in [-0.1, -0.05) is 5.23 Å². The fraction of sp³-hybridized carbons (Fsp3) is 0.750. The van der Waals surface area contributed by atoms with Gasteiger partial charge in [0.15, 0.2) is 0 Å². The zero-order valence-corrected chi connectivity index (χ0v) is 14.0. The molecule has 3 N–H and O–H groups in total. The van der Waals surface area contributed by atoms with Crippen LogP contribution in [0.15, 0.2) is 0 Å². The van der Waals surface area contributed by atoms with Gasteiger partial charge in [0.05, 0.1) is 19.8 Å². The summed E-state index contributed by atoms with van der Waals surface area (Å²) in [6.07, 6.45) is 0. The van der Waals surface area contributed by atoms with Crippen LogP contribution in [0, 0.1) is 0 Å². The van der Waals surface area contributed by atoms with Crippen molar-refractivity contribution in [3.63, 3.8) is 0 Å². The standard InChI is InChI=1S/C12H24N6O6/c1-4-22-17(9-21)11-13-10(16(7-19)8-20)14-12(15-11)18(23-5-2)24-6-3/h19-21H,4-9H2,1-3H3. The van der Waals surface area contributed by atoms with Crippen LogP contribution < -0.4 is 15.2 Å². The lowest BCUT2D eigenvalue weighted by molar-refractivity contribution is -0.0852. The van der Waals surface area contributed by atoms with Crippen molar-refractivity contribution in [2.45, 2.75) is 20.8 Å². The molecule has 12 heteroatoms. The molecule has 0 aromatic carbocycles. The van der Waals surface area contributed by atoms with Crippen LogP contribution in [0.1, 0.15) is 20.8 Å². The van der Waals surface area contributed by atoms with E-state index in [4.69, 9.17) is 14.5 Å². The monoisotopic (exact) mass is 348 g/mol. The Kier molecular flexibility index (Phi) is 9.14. The quantitative estimate of drug-likeness (QED) is 0.315. The first-order chi connectivity index (χ1) is 11.6. The lowest BCUT2D eigenvalue weighted by Gasteiger charge is -2.24. The molecule has 1 rings (SSSR count). The second kappa shape index (κ2) is 10.9. The number of nitrogens with zero attached hydrogens (tertiary/aromatic N) is 6. The molecule has 24 heavy (non-hydrogen) atoms. The van der Waals surface area contributed by atoms with Crippen molar-refractivity contribution in [3.05, 3.63) is 0 Å². The van der Waals surface area contributed by atoms with E-state index in [1.807, 2.05) is 0 Å². The summed E-state index contributed by atoms with van der Waals surface area (Å²) < 4.78 is 0. The number of aliphatic hydroxyl groups excluding tert-OH is 3. The van der Waals surface area contributed by atoms with Crippen molar-refractivity contribution in [2.75, 3.05) is 55.2 Å². The molecular weight excluding hydrogens is 324 g/mol. The van der Waals surface area contributed by atoms with Crippen molar-refractivity contribution in [3.8, 4) is 0 Å². The highest BCUT2D eigenvalue weighted by atomic mass is 16.9. The van der Waals surface area contributed by atoms with Gasteiger partial charge in [-0.3, -0.25) is 9.74 Å². The first kappa shape index (κ1) is 20.2. The number of anilines is 3. The molecule has 0 saturated heterocycles. The van der Waals surface area contributed by atoms with E-state index in [-0.39, 0.29) is 37.7 Å². The molecule has 1 aromatic heterocycles. The summed E-state index contributed by atoms with van der Waals surface area (Å²) >= 11 is 0. The highest BCUT2D eigenvalue weighted by molar-refractivity contribution is 5.43. The van der Waals surface area contributed by atoms with Crippen molar-refractivity contribution >= 4 is 17.8 Å². The SMILES string of the molecule is CCON(CO)c1nc(N(CO)CO)nc(N(OCC)OCC)n1. The second-order valence-electron chi connectivity index (χ2n) is 4.09. The summed E-state index contributed by atoms with van der Waals surface area (Å²) in [5.41, 5.74) is 0. The number of hydrogen-bond acceptors (Lipinski definition) is 12. The molecule has 0 fully saturated rings. The van der Waals surface area contributed by atoms with Gasteiger partial charge in [0.1, 0.15) is 20.2 Å². The fourth-order valence-electron chi connectivity index (χ4n) is 1.55. The zero-order valence-electron chi connectivity index (χ0n) is 14.0. The molecule has 1 heterocycles. The largest absolute Gasteiger partial charge is 0.376 e. The summed E-state index contributed by atoms with van der Waals surface area (Å²) in [5, 5.41) is 30.0. The summed E-state index contributed by atoms with van der Waals surface area (Å²) in [7, 11) is 0. The molecule has 0 amide bonds. The van der Waals surface area contributed by atoms with E-state index in [2.05, 4.69) is 15.0 Å². The van der Waals surface area contributed by atoms with E-state index in [0.717, 1.165) is 15.2 Å². The highest BCUT2D eigenvalue weighted by Gasteiger charge is 2.21. The molecule has 0 unspecified atom stereocenters. The third-order valence-corrected chi connectivity index (χ3v) is 2.52. The summed E-state index contributed by atoms with van der Waals surface area (Å²) in [6.45, 7) is 4.49. The van der Waals surface area contributed by atoms with Crippen molar-refractivity contribution < 1.29 is 29.8 Å². The first-order valence-corrected chi connectivity index (χ1v) is 7.44. The number of rotatable bonds is 12. The Hall–Kier alpha value is -1.83. The van der Waals surface area contributed by atoms with Crippen LogP contribution in [0.2, 0.25) is 0 Å². The van der Waals surface area contributed by atoms with Crippen molar-refractivity contribution in [1.82, 2.24) is 15.0 Å². The minimum atomic E-state index is -0.531. The number of aromatic nitrogens is 3. The Balaban J connectivity index is 3.31. The Bertz CT molecular complexity index is 471. The average Bonchev–Trinajstić information content (AvgIpc) is 2.60. The minimum Gasteiger partial charge on any atom is -0.376 e. The van der Waals surface area contributed by atoms with Gasteiger partial charge in [0.25, 0.3) is 11.9 Å². The van der Waals surface area contributed by atoms with Crippen LogP contribution in [0.3, 0.4) is 0 Å². The van der Waals surface area contributed by atoms with Gasteiger partial charge in [-0.15, -0.1) is 0 Å². The molecular formula is C12H24N6O6. The topological polar surface area (TPSA) is 137 Å². The van der Waals surface area contributed by atoms with Gasteiger partial charge in [-0.05, 0) is 20.8 Å². The predicted octanol–water partition coefficient (Wildman–Crippen LogP) is -1.01. The Labute approximate surface area is 139 Å². The fourth-order valence-corrected chi connectivity index (χ4v) is 1.55. The summed E-state index contributed by atoms with van der Waals surface area (Å²) in [4.78, 5) is 29.1. The van der Waals surface area contributed by atoms with E-state index in [1.165, 1.54) is 0 Å². The summed E-state index contributed by atoms with van der Waals surface area (Å²) in [6, 6.07) is 0. The lowest BCUT2D eigenvalue weighted by Crippen LogP contribution is -2.33. The predicted molar refractivity (Wildman–Crippen MR) is 83.4 cm³/mol. The van der Waals surface area contributed by atoms with Crippen LogP contribution >= 0.6 is 0 Å². The minimum absolute atomic E-state index is 0.0382. The van der Waals surface area contributed by atoms with Crippen LogP contribution in [-0.2, 0) is 14.5 Å². The van der Waals surface area contributed by atoms with Crippen LogP contribution in [0.5, 0.6) is 0 Å². The number of hydrogen-bond donors (Lipinski definition) is 3. The third-order valence-electron chi connectivity index (χ3n) is 2.52. The Morgan fingerprint density at radius 1 is 0.708 bits per heavy atom. The molecule has 0 aliphatic rings. The molecule has 0 aliphatic carbocycles. The maximum Gasteiger partial charge on any atom is 0.284 e. The number of aliphatic hydroxyl groups is 3. The molecule has 0 aliphatic heterocycles. The first-order valence-electron chi connectivity index (χ1n) is 7.44. The smallest absolute Gasteiger partial charge is 0.284 e. The van der Waals surface area contributed by atoms with Gasteiger partial charge < -0.3 is 15.3 Å². The average molecular weight is 348 g/mol. The van der Waals surface area contributed by atoms with Gasteiger partial charge >= 0.3 is 0 Å². The molecule has 0 bridgehead atoms. The van der Waals surface area contributed by atoms with Crippen LogP contribution in [0.4, 0.5) is 17.8 Å². The second-order valence-corrected chi connectivity index (χ2v) is 4.09. The Morgan fingerprint density at radius 2 is 1.21 bits per heavy atom. The van der Waals surface area contributed by atoms with E-state index in [1.54, 1.807) is 20.8 Å². The molecule has 0 atom stereocenters. The zero-order chi connectivity index (χ0) is 17.9. The van der Waals surface area contributed by atoms with Crippen LogP contribution in [-0.4, -0.2) is 70.3 Å². The normalized spacial score (nSPS) is 10.8. The van der Waals surface area contributed by atoms with Crippen LogP contribution in [0.25, 0.3) is 0 Å². The van der Waals surface area contributed by atoms with Gasteiger partial charge in [0.2, 0.25) is 5.95 Å². The molecule has 1 aromatic rings. The Morgan fingerprint density at radius 3 is 1.67 bits per heavy atom. The lowest BCUT2D eigenvalue weighted by atomic mass is 10.7. The molecule has 0 spiro atoms. The van der Waals surface area contributed by atoms with E-state index in [9.17, 15) is 15.3 Å². The molecule has 138 valence electrons.